The van der Waals surface area contributed by atoms with Gasteiger partial charge in [0.15, 0.2) is 0 Å². The van der Waals surface area contributed by atoms with Gasteiger partial charge in [-0.25, -0.2) is 4.99 Å². The summed E-state index contributed by atoms with van der Waals surface area (Å²) >= 11 is 0. The highest BCUT2D eigenvalue weighted by Gasteiger charge is 2.32. The highest BCUT2D eigenvalue weighted by Crippen LogP contribution is 2.27. The molecule has 0 aromatic heterocycles. The number of carbonyl (C=O) groups excluding carboxylic acids is 3. The van der Waals surface area contributed by atoms with Crippen LogP contribution in [0.2, 0.25) is 0 Å². The van der Waals surface area contributed by atoms with Crippen LogP contribution in [0, 0.1) is 5.92 Å². The van der Waals surface area contributed by atoms with Crippen molar-refractivity contribution >= 4 is 29.1 Å². The van der Waals surface area contributed by atoms with Gasteiger partial charge in [-0.3, -0.25) is 14.4 Å². The van der Waals surface area contributed by atoms with Gasteiger partial charge in [0.2, 0.25) is 18.0 Å². The van der Waals surface area contributed by atoms with Crippen LogP contribution in [0.15, 0.2) is 59.6 Å². The maximum atomic E-state index is 13.2. The smallest absolute Gasteiger partial charge is 0.272 e. The minimum Gasteiger partial charge on any atom is -0.344 e. The number of likely N-dealkylation sites (N-methyl/N-ethyl adjacent to an activating group) is 1. The van der Waals surface area contributed by atoms with Gasteiger partial charge in [0, 0.05) is 24.1 Å². The third-order valence-electron chi connectivity index (χ3n) is 6.15. The Morgan fingerprint density at radius 1 is 1.03 bits per heavy atom. The minimum atomic E-state index is -1.10. The summed E-state index contributed by atoms with van der Waals surface area (Å²) in [5.74, 6) is -0.917. The number of carbonyl (C=O) groups is 3. The molecule has 32 heavy (non-hydrogen) atoms. The number of anilines is 1. The van der Waals surface area contributed by atoms with Gasteiger partial charge in [-0.1, -0.05) is 61.4 Å². The van der Waals surface area contributed by atoms with E-state index >= 15 is 0 Å². The monoisotopic (exact) mass is 432 g/mol. The third kappa shape index (κ3) is 4.42. The number of hydrogen-bond acceptors (Lipinski definition) is 4. The molecule has 166 valence electrons. The molecule has 1 saturated carbocycles. The van der Waals surface area contributed by atoms with Crippen LogP contribution in [0.1, 0.15) is 43.7 Å². The van der Waals surface area contributed by atoms with Crippen molar-refractivity contribution in [1.29, 1.82) is 0 Å². The van der Waals surface area contributed by atoms with Gasteiger partial charge in [-0.05, 0) is 25.8 Å². The average molecular weight is 433 g/mol. The number of nitrogens with zero attached hydrogens (tertiary/aromatic N) is 2. The van der Waals surface area contributed by atoms with Gasteiger partial charge in [-0.2, -0.15) is 0 Å². The zero-order valence-electron chi connectivity index (χ0n) is 18.4. The Morgan fingerprint density at radius 2 is 1.69 bits per heavy atom. The number of aliphatic imine (C=N–C) groups is 1. The highest BCUT2D eigenvalue weighted by atomic mass is 16.2. The largest absolute Gasteiger partial charge is 0.344 e. The van der Waals surface area contributed by atoms with E-state index in [0.29, 0.717) is 5.71 Å². The van der Waals surface area contributed by atoms with Crippen molar-refractivity contribution in [2.75, 3.05) is 11.9 Å². The number of nitrogens with one attached hydrogen (secondary N) is 2. The minimum absolute atomic E-state index is 0.0342. The number of fused-ring (bicyclic) bond motifs is 1. The Bertz CT molecular complexity index is 1040. The summed E-state index contributed by atoms with van der Waals surface area (Å²) in [6.07, 6.45) is 2.70. The molecule has 0 spiro atoms. The van der Waals surface area contributed by atoms with Gasteiger partial charge in [-0.15, -0.1) is 0 Å². The Labute approximate surface area is 187 Å². The molecule has 3 amide bonds. The predicted molar refractivity (Wildman–Crippen MR) is 123 cm³/mol. The molecule has 1 fully saturated rings. The van der Waals surface area contributed by atoms with Crippen molar-refractivity contribution in [3.05, 3.63) is 65.7 Å². The van der Waals surface area contributed by atoms with Crippen LogP contribution in [-0.4, -0.2) is 42.7 Å². The summed E-state index contributed by atoms with van der Waals surface area (Å²) in [7, 11) is 1.68. The summed E-state index contributed by atoms with van der Waals surface area (Å²) in [4.78, 5) is 44.7. The van der Waals surface area contributed by atoms with E-state index in [9.17, 15) is 14.4 Å². The normalized spacial score (nSPS) is 19.6. The lowest BCUT2D eigenvalue weighted by Crippen LogP contribution is -2.52. The molecular formula is C25H28N4O3. The summed E-state index contributed by atoms with van der Waals surface area (Å²) < 4.78 is 0. The Hall–Kier alpha value is -3.48. The fourth-order valence-corrected chi connectivity index (χ4v) is 4.29. The van der Waals surface area contributed by atoms with Crippen LogP contribution >= 0.6 is 0 Å². The van der Waals surface area contributed by atoms with Crippen molar-refractivity contribution < 1.29 is 14.4 Å². The Kier molecular flexibility index (Phi) is 6.35. The molecule has 1 aliphatic heterocycles. The van der Waals surface area contributed by atoms with E-state index in [2.05, 4.69) is 15.6 Å². The molecule has 1 aliphatic carbocycles. The lowest BCUT2D eigenvalue weighted by molar-refractivity contribution is -0.132. The molecule has 2 N–H and O–H groups in total. The van der Waals surface area contributed by atoms with Crippen LogP contribution in [0.5, 0.6) is 0 Å². The van der Waals surface area contributed by atoms with Crippen molar-refractivity contribution in [3.8, 4) is 0 Å². The molecule has 7 nitrogen and oxygen atoms in total. The quantitative estimate of drug-likeness (QED) is 0.761. The predicted octanol–water partition coefficient (Wildman–Crippen LogP) is 2.64. The zero-order valence-corrected chi connectivity index (χ0v) is 18.4. The molecule has 2 aromatic carbocycles. The molecule has 2 aromatic rings. The standard InChI is InChI=1S/C25H28N4O3/c1-16(26-24(31)18-12-6-7-13-18)23(30)28-22-25(32)29(2)20-15-9-8-14-19(20)21(27-22)17-10-4-3-5-11-17/h3-5,8-11,14-16,18,22H,6-7,12-13H2,1-2H3,(H,26,31)(H,28,30)/t16-,22+/m0/s1. The van der Waals surface area contributed by atoms with Crippen LogP contribution in [-0.2, 0) is 14.4 Å². The number of amides is 3. The van der Waals surface area contributed by atoms with Crippen molar-refractivity contribution in [1.82, 2.24) is 10.6 Å². The summed E-state index contributed by atoms with van der Waals surface area (Å²) in [6, 6.07) is 16.4. The van der Waals surface area contributed by atoms with Crippen molar-refractivity contribution in [3.63, 3.8) is 0 Å². The fourth-order valence-electron chi connectivity index (χ4n) is 4.29. The number of benzodiazepines with no additional fused rings is 1. The van der Waals surface area contributed by atoms with Crippen molar-refractivity contribution in [2.45, 2.75) is 44.8 Å². The lowest BCUT2D eigenvalue weighted by Gasteiger charge is -2.22. The second-order valence-electron chi connectivity index (χ2n) is 8.38. The van der Waals surface area contributed by atoms with Gasteiger partial charge >= 0.3 is 0 Å². The van der Waals surface area contributed by atoms with Crippen LogP contribution < -0.4 is 15.5 Å². The second-order valence-corrected chi connectivity index (χ2v) is 8.38. The van der Waals surface area contributed by atoms with Crippen molar-refractivity contribution in [2.24, 2.45) is 10.9 Å². The molecule has 0 bridgehead atoms. The van der Waals surface area contributed by atoms with E-state index < -0.39 is 18.1 Å². The van der Waals surface area contributed by atoms with E-state index in [1.807, 2.05) is 54.6 Å². The molecule has 7 heteroatoms. The molecule has 0 saturated heterocycles. The van der Waals surface area contributed by atoms with Gasteiger partial charge in [0.1, 0.15) is 6.04 Å². The van der Waals surface area contributed by atoms with Gasteiger partial charge in [0.05, 0.1) is 11.4 Å². The van der Waals surface area contributed by atoms with E-state index in [1.165, 1.54) is 4.90 Å². The van der Waals surface area contributed by atoms with Gasteiger partial charge < -0.3 is 15.5 Å². The summed E-state index contributed by atoms with van der Waals surface area (Å²) in [5, 5.41) is 5.53. The number of rotatable bonds is 5. The summed E-state index contributed by atoms with van der Waals surface area (Å²) in [5.41, 5.74) is 3.02. The van der Waals surface area contributed by atoms with E-state index in [-0.39, 0.29) is 17.7 Å². The lowest BCUT2D eigenvalue weighted by atomic mass is 10.0. The first-order chi connectivity index (χ1) is 15.5. The Morgan fingerprint density at radius 3 is 2.41 bits per heavy atom. The summed E-state index contributed by atoms with van der Waals surface area (Å²) in [6.45, 7) is 1.63. The highest BCUT2D eigenvalue weighted by molar-refractivity contribution is 6.20. The molecule has 2 aliphatic rings. The third-order valence-corrected chi connectivity index (χ3v) is 6.15. The molecule has 2 atom stereocenters. The Balaban J connectivity index is 1.59. The first-order valence-electron chi connectivity index (χ1n) is 11.1. The first-order valence-corrected chi connectivity index (χ1v) is 11.1. The van der Waals surface area contributed by atoms with Crippen LogP contribution in [0.4, 0.5) is 5.69 Å². The van der Waals surface area contributed by atoms with Crippen LogP contribution in [0.3, 0.4) is 0 Å². The van der Waals surface area contributed by atoms with E-state index in [1.54, 1.807) is 14.0 Å². The van der Waals surface area contributed by atoms with Crippen LogP contribution in [0.25, 0.3) is 0 Å². The average Bonchev–Trinajstić information content (AvgIpc) is 3.33. The van der Waals surface area contributed by atoms with Gasteiger partial charge in [0.25, 0.3) is 5.91 Å². The number of hydrogen-bond donors (Lipinski definition) is 2. The molecular weight excluding hydrogens is 404 g/mol. The molecule has 0 unspecified atom stereocenters. The molecule has 0 radical (unpaired) electrons. The van der Waals surface area contributed by atoms with E-state index in [4.69, 9.17) is 0 Å². The second kappa shape index (κ2) is 9.34. The molecule has 4 rings (SSSR count). The first kappa shape index (κ1) is 21.7. The SMILES string of the molecule is C[C@H](NC(=O)C1CCCC1)C(=O)N[C@H]1N=C(c2ccccc2)c2ccccc2N(C)C1=O. The maximum absolute atomic E-state index is 13.2. The number of benzene rings is 2. The maximum Gasteiger partial charge on any atom is 0.272 e. The van der Waals surface area contributed by atoms with E-state index in [0.717, 1.165) is 42.5 Å². The molecule has 1 heterocycles. The zero-order chi connectivity index (χ0) is 22.7. The number of para-hydroxylation sites is 1. The fraction of sp³-hybridized carbons (Fsp3) is 0.360. The topological polar surface area (TPSA) is 90.9 Å².